The number of ether oxygens (including phenoxy) is 1. The largest absolute Gasteiger partial charge is 0.496 e. The Bertz CT molecular complexity index is 821. The van der Waals surface area contributed by atoms with Gasteiger partial charge in [0.15, 0.2) is 0 Å². The number of benzene rings is 1. The van der Waals surface area contributed by atoms with E-state index in [1.807, 2.05) is 24.3 Å². The van der Waals surface area contributed by atoms with Crippen molar-refractivity contribution in [1.82, 2.24) is 15.1 Å². The van der Waals surface area contributed by atoms with E-state index >= 15 is 0 Å². The van der Waals surface area contributed by atoms with E-state index in [0.717, 1.165) is 61.5 Å². The summed E-state index contributed by atoms with van der Waals surface area (Å²) in [5, 5.41) is 7.80. The fraction of sp³-hybridized carbons (Fsp3) is 0.545. The average molecular weight is 367 g/mol. The van der Waals surface area contributed by atoms with Crippen LogP contribution < -0.4 is 4.74 Å². The molecular weight excluding hydrogens is 338 g/mol. The predicted octanol–water partition coefficient (Wildman–Crippen LogP) is 3.98. The zero-order valence-electron chi connectivity index (χ0n) is 16.4. The van der Waals surface area contributed by atoms with Crippen molar-refractivity contribution in [1.29, 1.82) is 0 Å². The molecule has 2 heterocycles. The van der Waals surface area contributed by atoms with E-state index in [9.17, 15) is 4.79 Å². The minimum absolute atomic E-state index is 0.167. The van der Waals surface area contributed by atoms with Gasteiger partial charge in [-0.3, -0.25) is 9.89 Å². The van der Waals surface area contributed by atoms with Crippen LogP contribution in [0, 0.1) is 5.41 Å². The van der Waals surface area contributed by atoms with Crippen molar-refractivity contribution < 1.29 is 9.53 Å². The summed E-state index contributed by atoms with van der Waals surface area (Å²) in [6.45, 7) is 3.71. The maximum Gasteiger partial charge on any atom is 0.228 e. The van der Waals surface area contributed by atoms with Gasteiger partial charge in [-0.05, 0) is 31.4 Å². The number of nitrogens with zero attached hydrogens (tertiary/aromatic N) is 2. The van der Waals surface area contributed by atoms with Gasteiger partial charge in [0, 0.05) is 41.7 Å². The zero-order chi connectivity index (χ0) is 18.9. The lowest BCUT2D eigenvalue weighted by molar-refractivity contribution is -0.143. The van der Waals surface area contributed by atoms with Gasteiger partial charge in [-0.15, -0.1) is 0 Å². The highest BCUT2D eigenvalue weighted by molar-refractivity contribution is 5.82. The van der Waals surface area contributed by atoms with Gasteiger partial charge >= 0.3 is 0 Å². The lowest BCUT2D eigenvalue weighted by Gasteiger charge is -2.36. The minimum Gasteiger partial charge on any atom is -0.496 e. The second-order valence-electron chi connectivity index (χ2n) is 8.14. The molecule has 27 heavy (non-hydrogen) atoms. The van der Waals surface area contributed by atoms with Crippen LogP contribution in [0.1, 0.15) is 50.3 Å². The Hall–Kier alpha value is -2.30. The molecule has 1 aromatic carbocycles. The van der Waals surface area contributed by atoms with Crippen molar-refractivity contribution in [2.45, 2.75) is 51.9 Å². The molecule has 1 aliphatic carbocycles. The number of aromatic amines is 1. The Kier molecular flexibility index (Phi) is 4.94. The standard InChI is InChI=1S/C22H29N3O2/c1-22(12-6-3-7-13-22)21(26)25-14-10-16-18(11-15-25)23-24-20(16)17-8-4-5-9-19(17)27-2/h4-5,8-9H,3,6-7,10-15H2,1-2H3,(H,23,24). The molecule has 2 aromatic rings. The van der Waals surface area contributed by atoms with Crippen LogP contribution in [-0.2, 0) is 17.6 Å². The number of amides is 1. The number of hydrogen-bond donors (Lipinski definition) is 1. The van der Waals surface area contributed by atoms with Gasteiger partial charge in [0.25, 0.3) is 0 Å². The van der Waals surface area contributed by atoms with Gasteiger partial charge in [-0.1, -0.05) is 38.3 Å². The van der Waals surface area contributed by atoms with Gasteiger partial charge in [0.2, 0.25) is 5.91 Å². The number of para-hydroxylation sites is 1. The lowest BCUT2D eigenvalue weighted by atomic mass is 9.74. The van der Waals surface area contributed by atoms with Gasteiger partial charge in [-0.25, -0.2) is 0 Å². The monoisotopic (exact) mass is 367 g/mol. The first-order valence-corrected chi connectivity index (χ1v) is 10.1. The summed E-state index contributed by atoms with van der Waals surface area (Å²) in [6.07, 6.45) is 7.35. The molecule has 1 amide bonds. The number of rotatable bonds is 3. The summed E-state index contributed by atoms with van der Waals surface area (Å²) in [7, 11) is 1.69. The third-order valence-corrected chi connectivity index (χ3v) is 6.34. The molecule has 0 spiro atoms. The smallest absolute Gasteiger partial charge is 0.228 e. The highest BCUT2D eigenvalue weighted by Crippen LogP contribution is 2.38. The van der Waals surface area contributed by atoms with Crippen molar-refractivity contribution in [2.24, 2.45) is 5.41 Å². The first kappa shape index (κ1) is 18.1. The van der Waals surface area contributed by atoms with Crippen LogP contribution in [0.5, 0.6) is 5.75 Å². The van der Waals surface area contributed by atoms with Crippen molar-refractivity contribution >= 4 is 5.91 Å². The van der Waals surface area contributed by atoms with Crippen molar-refractivity contribution in [3.8, 4) is 17.0 Å². The van der Waals surface area contributed by atoms with Gasteiger partial charge < -0.3 is 9.64 Å². The second kappa shape index (κ2) is 7.37. The summed E-state index contributed by atoms with van der Waals surface area (Å²) in [5.41, 5.74) is 4.18. The topological polar surface area (TPSA) is 58.2 Å². The molecule has 4 rings (SSSR count). The van der Waals surface area contributed by atoms with Crippen molar-refractivity contribution in [3.63, 3.8) is 0 Å². The van der Waals surface area contributed by atoms with E-state index in [0.29, 0.717) is 5.91 Å². The molecule has 1 aromatic heterocycles. The fourth-order valence-electron chi connectivity index (χ4n) is 4.68. The number of hydrogen-bond acceptors (Lipinski definition) is 3. The zero-order valence-corrected chi connectivity index (χ0v) is 16.4. The van der Waals surface area contributed by atoms with Crippen LogP contribution in [0.3, 0.4) is 0 Å². The van der Waals surface area contributed by atoms with Gasteiger partial charge in [0.05, 0.1) is 12.8 Å². The third kappa shape index (κ3) is 3.35. The average Bonchev–Trinajstić information content (AvgIpc) is 2.99. The van der Waals surface area contributed by atoms with Crippen molar-refractivity contribution in [2.75, 3.05) is 20.2 Å². The molecule has 0 saturated heterocycles. The lowest BCUT2D eigenvalue weighted by Crippen LogP contribution is -2.44. The quantitative estimate of drug-likeness (QED) is 0.893. The van der Waals surface area contributed by atoms with Crippen LogP contribution in [-0.4, -0.2) is 41.2 Å². The summed E-state index contributed by atoms with van der Waals surface area (Å²) >= 11 is 0. The Morgan fingerprint density at radius 2 is 1.89 bits per heavy atom. The molecule has 2 aliphatic rings. The van der Waals surface area contributed by atoms with Crippen LogP contribution in [0.4, 0.5) is 0 Å². The molecule has 5 heteroatoms. The second-order valence-corrected chi connectivity index (χ2v) is 8.14. The summed E-state index contributed by atoms with van der Waals surface area (Å²) < 4.78 is 5.52. The Labute approximate surface area is 161 Å². The highest BCUT2D eigenvalue weighted by Gasteiger charge is 2.38. The van der Waals surface area contributed by atoms with Crippen LogP contribution in [0.25, 0.3) is 11.3 Å². The van der Waals surface area contributed by atoms with E-state index in [1.54, 1.807) is 7.11 Å². The van der Waals surface area contributed by atoms with E-state index in [4.69, 9.17) is 4.74 Å². The first-order chi connectivity index (χ1) is 13.1. The minimum atomic E-state index is -0.167. The molecule has 144 valence electrons. The molecule has 0 unspecified atom stereocenters. The molecule has 1 aliphatic heterocycles. The summed E-state index contributed by atoms with van der Waals surface area (Å²) in [4.78, 5) is 15.3. The Balaban J connectivity index is 1.56. The van der Waals surface area contributed by atoms with Crippen LogP contribution in [0.2, 0.25) is 0 Å². The number of H-pyrrole nitrogens is 1. The summed E-state index contributed by atoms with van der Waals surface area (Å²) in [5.74, 6) is 1.18. The Morgan fingerprint density at radius 1 is 1.15 bits per heavy atom. The third-order valence-electron chi connectivity index (χ3n) is 6.34. The SMILES string of the molecule is COc1ccccc1-c1n[nH]c2c1CCN(C(=O)C1(C)CCCCC1)CC2. The maximum absolute atomic E-state index is 13.2. The van der Waals surface area contributed by atoms with Crippen molar-refractivity contribution in [3.05, 3.63) is 35.5 Å². The molecule has 1 N–H and O–H groups in total. The van der Waals surface area contributed by atoms with Crippen LogP contribution >= 0.6 is 0 Å². The summed E-state index contributed by atoms with van der Waals surface area (Å²) in [6, 6.07) is 7.99. The fourth-order valence-corrected chi connectivity index (χ4v) is 4.68. The molecular formula is C22H29N3O2. The highest BCUT2D eigenvalue weighted by atomic mass is 16.5. The normalized spacial score (nSPS) is 19.3. The molecule has 0 radical (unpaired) electrons. The van der Waals surface area contributed by atoms with E-state index in [2.05, 4.69) is 22.0 Å². The molecule has 5 nitrogen and oxygen atoms in total. The van der Waals surface area contributed by atoms with E-state index in [-0.39, 0.29) is 5.41 Å². The number of fused-ring (bicyclic) bond motifs is 1. The van der Waals surface area contributed by atoms with Gasteiger partial charge in [0.1, 0.15) is 5.75 Å². The number of aromatic nitrogens is 2. The number of carbonyl (C=O) groups excluding carboxylic acids is 1. The number of methoxy groups -OCH3 is 1. The van der Waals surface area contributed by atoms with E-state index < -0.39 is 0 Å². The van der Waals surface area contributed by atoms with Gasteiger partial charge in [-0.2, -0.15) is 5.10 Å². The number of nitrogens with one attached hydrogen (secondary N) is 1. The number of carbonyl (C=O) groups is 1. The van der Waals surface area contributed by atoms with Crippen LogP contribution in [0.15, 0.2) is 24.3 Å². The Morgan fingerprint density at radius 3 is 2.67 bits per heavy atom. The molecule has 1 saturated carbocycles. The molecule has 0 atom stereocenters. The molecule has 0 bridgehead atoms. The van der Waals surface area contributed by atoms with E-state index in [1.165, 1.54) is 24.8 Å². The predicted molar refractivity (Wildman–Crippen MR) is 106 cm³/mol. The molecule has 1 fully saturated rings. The first-order valence-electron chi connectivity index (χ1n) is 10.1. The maximum atomic E-state index is 13.2.